The molecule has 0 amide bonds. The van der Waals surface area contributed by atoms with Crippen LogP contribution in [0.15, 0.2) is 38.9 Å². The summed E-state index contributed by atoms with van der Waals surface area (Å²) in [5.74, 6) is 0. The minimum Gasteiger partial charge on any atom is -0.323 e. The molecule has 0 saturated carbocycles. The van der Waals surface area contributed by atoms with Gasteiger partial charge in [0.25, 0.3) is 5.56 Å². The first kappa shape index (κ1) is 12.8. The Kier molecular flexibility index (Phi) is 3.16. The molecule has 1 N–H and O–H groups in total. The Balaban J connectivity index is 2.46. The molecule has 3 rings (SSSR count). The van der Waals surface area contributed by atoms with Crippen molar-refractivity contribution in [3.63, 3.8) is 0 Å². The molecule has 3 nitrogen and oxygen atoms in total. The Hall–Kier alpha value is -1.24. The largest absolute Gasteiger partial charge is 0.323 e. The fraction of sp³-hybridized carbons (Fsp3) is 0.0769. The van der Waals surface area contributed by atoms with Gasteiger partial charge in [0.05, 0.1) is 11.1 Å². The van der Waals surface area contributed by atoms with Crippen molar-refractivity contribution < 1.29 is 0 Å². The van der Waals surface area contributed by atoms with Crippen LogP contribution in [0.1, 0.15) is 5.56 Å². The summed E-state index contributed by atoms with van der Waals surface area (Å²) in [5.41, 5.74) is 1.72. The number of H-pyrrole nitrogens is 1. The highest BCUT2D eigenvalue weighted by molar-refractivity contribution is 9.10. The number of aromatic nitrogens is 2. The quantitative estimate of drug-likeness (QED) is 0.667. The second-order valence-corrected chi connectivity index (χ2v) is 6.38. The number of thiophene rings is 1. The zero-order chi connectivity index (χ0) is 13.6. The van der Waals surface area contributed by atoms with Crippen LogP contribution in [0.3, 0.4) is 0 Å². The smallest absolute Gasteiger partial charge is 0.267 e. The van der Waals surface area contributed by atoms with Gasteiger partial charge in [0.1, 0.15) is 4.83 Å². The number of hydrogen-bond donors (Lipinski definition) is 1. The number of aryl methyl sites for hydroxylation is 1. The predicted molar refractivity (Wildman–Crippen MR) is 85.0 cm³/mol. The molecule has 0 bridgehead atoms. The van der Waals surface area contributed by atoms with E-state index in [9.17, 15) is 4.79 Å². The summed E-state index contributed by atoms with van der Waals surface area (Å²) < 4.78 is 2.88. The molecular formula is C13H9BrN2OS2. The number of aromatic amines is 1. The molecule has 0 aliphatic heterocycles. The van der Waals surface area contributed by atoms with Gasteiger partial charge in [-0.1, -0.05) is 22.0 Å². The van der Waals surface area contributed by atoms with E-state index in [-0.39, 0.29) is 5.56 Å². The van der Waals surface area contributed by atoms with Crippen LogP contribution in [-0.4, -0.2) is 9.55 Å². The van der Waals surface area contributed by atoms with Gasteiger partial charge in [-0.2, -0.15) is 0 Å². The number of hydrogen-bond acceptors (Lipinski definition) is 3. The summed E-state index contributed by atoms with van der Waals surface area (Å²) >= 11 is 10.2. The minimum absolute atomic E-state index is 0.0822. The Morgan fingerprint density at radius 2 is 2.16 bits per heavy atom. The summed E-state index contributed by atoms with van der Waals surface area (Å²) in [6.45, 7) is 1.96. The van der Waals surface area contributed by atoms with Crippen molar-refractivity contribution in [2.24, 2.45) is 0 Å². The van der Waals surface area contributed by atoms with Crippen LogP contribution < -0.4 is 5.56 Å². The van der Waals surface area contributed by atoms with E-state index in [2.05, 4.69) is 20.9 Å². The summed E-state index contributed by atoms with van der Waals surface area (Å²) in [6.07, 6.45) is 0. The molecule has 0 unspecified atom stereocenters. The first-order valence-electron chi connectivity index (χ1n) is 5.57. The topological polar surface area (TPSA) is 37.8 Å². The normalized spacial score (nSPS) is 11.1. The average Bonchev–Trinajstić information content (AvgIpc) is 2.82. The molecule has 0 atom stereocenters. The van der Waals surface area contributed by atoms with Crippen LogP contribution >= 0.6 is 39.5 Å². The Labute approximate surface area is 126 Å². The van der Waals surface area contributed by atoms with Gasteiger partial charge in [0.15, 0.2) is 4.77 Å². The second-order valence-electron chi connectivity index (χ2n) is 4.16. The molecule has 6 heteroatoms. The van der Waals surface area contributed by atoms with Gasteiger partial charge in [0.2, 0.25) is 0 Å². The van der Waals surface area contributed by atoms with Crippen molar-refractivity contribution in [3.05, 3.63) is 54.8 Å². The van der Waals surface area contributed by atoms with E-state index >= 15 is 0 Å². The zero-order valence-corrected chi connectivity index (χ0v) is 13.2. The lowest BCUT2D eigenvalue weighted by Crippen LogP contribution is -2.20. The maximum atomic E-state index is 12.5. The van der Waals surface area contributed by atoms with Crippen LogP contribution in [0.2, 0.25) is 0 Å². The van der Waals surface area contributed by atoms with Crippen LogP contribution in [0.5, 0.6) is 0 Å². The average molecular weight is 353 g/mol. The van der Waals surface area contributed by atoms with Crippen LogP contribution in [-0.2, 0) is 0 Å². The van der Waals surface area contributed by atoms with E-state index in [1.54, 1.807) is 4.57 Å². The number of rotatable bonds is 1. The zero-order valence-electron chi connectivity index (χ0n) is 9.94. The van der Waals surface area contributed by atoms with Crippen molar-refractivity contribution in [2.75, 3.05) is 0 Å². The van der Waals surface area contributed by atoms with Crippen molar-refractivity contribution >= 4 is 49.7 Å². The number of halogens is 1. The van der Waals surface area contributed by atoms with E-state index in [1.807, 2.05) is 36.6 Å². The minimum atomic E-state index is -0.0822. The second kappa shape index (κ2) is 4.70. The molecule has 0 radical (unpaired) electrons. The monoisotopic (exact) mass is 352 g/mol. The first-order valence-corrected chi connectivity index (χ1v) is 7.65. The molecule has 0 fully saturated rings. The molecule has 3 aromatic rings. The molecule has 2 heterocycles. The molecule has 19 heavy (non-hydrogen) atoms. The molecular weight excluding hydrogens is 344 g/mol. The lowest BCUT2D eigenvalue weighted by Gasteiger charge is -2.10. The van der Waals surface area contributed by atoms with Gasteiger partial charge in [-0.25, -0.2) is 0 Å². The van der Waals surface area contributed by atoms with E-state index in [4.69, 9.17) is 12.2 Å². The Morgan fingerprint density at radius 3 is 2.95 bits per heavy atom. The van der Waals surface area contributed by atoms with Crippen molar-refractivity contribution in [1.82, 2.24) is 9.55 Å². The number of nitrogens with zero attached hydrogens (tertiary/aromatic N) is 1. The standard InChI is InChI=1S/C13H9BrN2OS2/c1-7-2-3-8(14)6-10(7)16-12(17)9-4-5-19-11(9)15-13(16)18/h2-6H,1H3,(H,15,18). The highest BCUT2D eigenvalue weighted by Gasteiger charge is 2.10. The lowest BCUT2D eigenvalue weighted by atomic mass is 10.2. The van der Waals surface area contributed by atoms with Crippen LogP contribution in [0, 0.1) is 11.7 Å². The SMILES string of the molecule is Cc1ccc(Br)cc1-n1c(=S)[nH]c2sccc2c1=O. The molecule has 0 spiro atoms. The Bertz CT molecular complexity index is 892. The third-order valence-electron chi connectivity index (χ3n) is 2.93. The van der Waals surface area contributed by atoms with Crippen molar-refractivity contribution in [1.29, 1.82) is 0 Å². The highest BCUT2D eigenvalue weighted by Crippen LogP contribution is 2.21. The molecule has 2 aromatic heterocycles. The van der Waals surface area contributed by atoms with Gasteiger partial charge in [-0.15, -0.1) is 11.3 Å². The third kappa shape index (κ3) is 2.09. The fourth-order valence-corrected chi connectivity index (χ4v) is 3.46. The van der Waals surface area contributed by atoms with Gasteiger partial charge < -0.3 is 4.98 Å². The Morgan fingerprint density at radius 1 is 1.37 bits per heavy atom. The fourth-order valence-electron chi connectivity index (χ4n) is 1.98. The summed E-state index contributed by atoms with van der Waals surface area (Å²) in [6, 6.07) is 7.62. The van der Waals surface area contributed by atoms with Gasteiger partial charge in [-0.05, 0) is 48.3 Å². The molecule has 0 aliphatic rings. The van der Waals surface area contributed by atoms with E-state index in [0.717, 1.165) is 20.6 Å². The summed E-state index contributed by atoms with van der Waals surface area (Å²) in [7, 11) is 0. The lowest BCUT2D eigenvalue weighted by molar-refractivity contribution is 0.933. The summed E-state index contributed by atoms with van der Waals surface area (Å²) in [5, 5.41) is 2.55. The maximum Gasteiger partial charge on any atom is 0.267 e. The molecule has 1 aromatic carbocycles. The molecule has 96 valence electrons. The first-order chi connectivity index (χ1) is 9.08. The number of nitrogens with one attached hydrogen (secondary N) is 1. The van der Waals surface area contributed by atoms with Gasteiger partial charge >= 0.3 is 0 Å². The van der Waals surface area contributed by atoms with Gasteiger partial charge in [0, 0.05) is 4.47 Å². The maximum absolute atomic E-state index is 12.5. The van der Waals surface area contributed by atoms with E-state index in [1.165, 1.54) is 11.3 Å². The van der Waals surface area contributed by atoms with Gasteiger partial charge in [-0.3, -0.25) is 9.36 Å². The van der Waals surface area contributed by atoms with Crippen LogP contribution in [0.25, 0.3) is 15.9 Å². The van der Waals surface area contributed by atoms with Crippen LogP contribution in [0.4, 0.5) is 0 Å². The van der Waals surface area contributed by atoms with E-state index in [0.29, 0.717) is 10.2 Å². The third-order valence-corrected chi connectivity index (χ3v) is 4.54. The van der Waals surface area contributed by atoms with Crippen molar-refractivity contribution in [3.8, 4) is 5.69 Å². The molecule has 0 aliphatic carbocycles. The summed E-state index contributed by atoms with van der Waals surface area (Å²) in [4.78, 5) is 16.5. The van der Waals surface area contributed by atoms with Crippen molar-refractivity contribution in [2.45, 2.75) is 6.92 Å². The number of benzene rings is 1. The number of fused-ring (bicyclic) bond motifs is 1. The predicted octanol–water partition coefficient (Wildman–Crippen LogP) is 4.18. The molecule has 0 saturated heterocycles. The highest BCUT2D eigenvalue weighted by atomic mass is 79.9. The van der Waals surface area contributed by atoms with E-state index < -0.39 is 0 Å².